The lowest BCUT2D eigenvalue weighted by molar-refractivity contribution is 0.408. The molecule has 0 aromatic carbocycles. The molecule has 5 heteroatoms. The summed E-state index contributed by atoms with van der Waals surface area (Å²) in [6.07, 6.45) is 3.48. The highest BCUT2D eigenvalue weighted by atomic mass is 79.9. The van der Waals surface area contributed by atoms with Crippen molar-refractivity contribution >= 4 is 38.6 Å². The predicted molar refractivity (Wildman–Crippen MR) is 65.2 cm³/mol. The van der Waals surface area contributed by atoms with Gasteiger partial charge in [-0.15, -0.1) is 0 Å². The first-order valence-corrected chi connectivity index (χ1v) is 5.76. The summed E-state index contributed by atoms with van der Waals surface area (Å²) in [5, 5.41) is 1.35. The van der Waals surface area contributed by atoms with Gasteiger partial charge in [-0.3, -0.25) is 0 Å². The van der Waals surface area contributed by atoms with Crippen molar-refractivity contribution in [2.75, 3.05) is 0 Å². The lowest BCUT2D eigenvalue weighted by atomic mass is 10.1. The molecule has 2 rings (SSSR count). The Kier molecular flexibility index (Phi) is 2.51. The number of rotatable bonds is 0. The van der Waals surface area contributed by atoms with E-state index < -0.39 is 0 Å². The van der Waals surface area contributed by atoms with Gasteiger partial charge in [0.25, 0.3) is 0 Å². The van der Waals surface area contributed by atoms with Crippen LogP contribution in [-0.2, 0) is 5.54 Å². The molecule has 0 unspecified atom stereocenters. The van der Waals surface area contributed by atoms with Crippen molar-refractivity contribution in [1.82, 2.24) is 14.5 Å². The molecule has 0 aliphatic carbocycles. The monoisotopic (exact) mass is 287 g/mol. The van der Waals surface area contributed by atoms with E-state index in [0.717, 1.165) is 15.5 Å². The molecule has 2 aromatic heterocycles. The van der Waals surface area contributed by atoms with E-state index in [1.807, 2.05) is 6.20 Å². The molecule has 0 fully saturated rings. The molecular weight excluding hydrogens is 277 g/mol. The molecule has 80 valence electrons. The third-order valence-electron chi connectivity index (χ3n) is 2.21. The van der Waals surface area contributed by atoms with Crippen LogP contribution in [0.3, 0.4) is 0 Å². The maximum Gasteiger partial charge on any atom is 0.146 e. The molecule has 2 heterocycles. The van der Waals surface area contributed by atoms with E-state index in [9.17, 15) is 0 Å². The van der Waals surface area contributed by atoms with Crippen LogP contribution in [0.5, 0.6) is 0 Å². The van der Waals surface area contributed by atoms with Crippen molar-refractivity contribution in [3.63, 3.8) is 0 Å². The van der Waals surface area contributed by atoms with E-state index in [4.69, 9.17) is 11.6 Å². The second kappa shape index (κ2) is 3.46. The average Bonchev–Trinajstić information content (AvgIpc) is 2.44. The standard InChI is InChI=1S/C10H11BrClN3/c1-10(2,3)15-4-6(11)7-8(12)13-5-14-9(7)15/h4-5H,1-3H3. The number of hydrogen-bond acceptors (Lipinski definition) is 2. The second-order valence-corrected chi connectivity index (χ2v) is 5.59. The molecule has 0 atom stereocenters. The molecule has 0 bridgehead atoms. The molecule has 0 aliphatic heterocycles. The molecular formula is C10H11BrClN3. The van der Waals surface area contributed by atoms with Gasteiger partial charge in [0, 0.05) is 16.2 Å². The molecule has 0 aliphatic rings. The largest absolute Gasteiger partial charge is 0.326 e. The summed E-state index contributed by atoms with van der Waals surface area (Å²) < 4.78 is 3.01. The van der Waals surface area contributed by atoms with Crippen LogP contribution in [0.2, 0.25) is 5.15 Å². The van der Waals surface area contributed by atoms with Gasteiger partial charge in [-0.2, -0.15) is 0 Å². The van der Waals surface area contributed by atoms with Crippen LogP contribution in [0.25, 0.3) is 11.0 Å². The van der Waals surface area contributed by atoms with Crippen molar-refractivity contribution < 1.29 is 0 Å². The highest BCUT2D eigenvalue weighted by molar-refractivity contribution is 9.10. The minimum atomic E-state index is -0.0258. The third-order valence-corrected chi connectivity index (χ3v) is 3.10. The summed E-state index contributed by atoms with van der Waals surface area (Å²) in [7, 11) is 0. The highest BCUT2D eigenvalue weighted by Crippen LogP contribution is 2.32. The maximum absolute atomic E-state index is 6.03. The van der Waals surface area contributed by atoms with Crippen molar-refractivity contribution in [2.24, 2.45) is 0 Å². The van der Waals surface area contributed by atoms with Gasteiger partial charge in [-0.25, -0.2) is 9.97 Å². The lowest BCUT2D eigenvalue weighted by Crippen LogP contribution is -2.20. The van der Waals surface area contributed by atoms with E-state index in [-0.39, 0.29) is 5.54 Å². The fourth-order valence-corrected chi connectivity index (χ4v) is 2.41. The fraction of sp³-hybridized carbons (Fsp3) is 0.400. The Bertz CT molecular complexity index is 513. The Balaban J connectivity index is 2.85. The van der Waals surface area contributed by atoms with Gasteiger partial charge >= 0.3 is 0 Å². The summed E-state index contributed by atoms with van der Waals surface area (Å²) in [6.45, 7) is 6.36. The SMILES string of the molecule is CC(C)(C)n1cc(Br)c2c(Cl)ncnc21. The van der Waals surface area contributed by atoms with Gasteiger partial charge < -0.3 is 4.57 Å². The van der Waals surface area contributed by atoms with Crippen molar-refractivity contribution in [3.8, 4) is 0 Å². The Hall–Kier alpha value is -0.610. The number of aromatic nitrogens is 3. The maximum atomic E-state index is 6.03. The Morgan fingerprint density at radius 2 is 2.00 bits per heavy atom. The highest BCUT2D eigenvalue weighted by Gasteiger charge is 2.20. The van der Waals surface area contributed by atoms with Gasteiger partial charge in [0.15, 0.2) is 0 Å². The zero-order valence-electron chi connectivity index (χ0n) is 8.75. The fourth-order valence-electron chi connectivity index (χ4n) is 1.49. The topological polar surface area (TPSA) is 30.7 Å². The van der Waals surface area contributed by atoms with Crippen molar-refractivity contribution in [2.45, 2.75) is 26.3 Å². The number of nitrogens with zero attached hydrogens (tertiary/aromatic N) is 3. The lowest BCUT2D eigenvalue weighted by Gasteiger charge is -2.21. The number of fused-ring (bicyclic) bond motifs is 1. The first kappa shape index (κ1) is 10.9. The van der Waals surface area contributed by atoms with E-state index in [1.54, 1.807) is 0 Å². The zero-order valence-corrected chi connectivity index (χ0v) is 11.1. The molecule has 2 aromatic rings. The molecule has 0 saturated carbocycles. The summed E-state index contributed by atoms with van der Waals surface area (Å²) in [6, 6.07) is 0. The van der Waals surface area contributed by atoms with Gasteiger partial charge in [0.2, 0.25) is 0 Å². The average molecular weight is 289 g/mol. The minimum absolute atomic E-state index is 0.0258. The molecule has 0 spiro atoms. The van der Waals surface area contributed by atoms with Crippen molar-refractivity contribution in [1.29, 1.82) is 0 Å². The van der Waals surface area contributed by atoms with Gasteiger partial charge in [0.1, 0.15) is 17.1 Å². The minimum Gasteiger partial charge on any atom is -0.326 e. The second-order valence-electron chi connectivity index (χ2n) is 4.38. The Labute approximate surface area is 102 Å². The first-order chi connectivity index (χ1) is 6.91. The van der Waals surface area contributed by atoms with Gasteiger partial charge in [0.05, 0.1) is 5.39 Å². The third kappa shape index (κ3) is 1.76. The van der Waals surface area contributed by atoms with Crippen LogP contribution < -0.4 is 0 Å². The van der Waals surface area contributed by atoms with Crippen LogP contribution in [0.4, 0.5) is 0 Å². The molecule has 0 saturated heterocycles. The molecule has 0 radical (unpaired) electrons. The molecule has 0 amide bonds. The summed E-state index contributed by atoms with van der Waals surface area (Å²) >= 11 is 9.51. The molecule has 0 N–H and O–H groups in total. The smallest absolute Gasteiger partial charge is 0.146 e. The summed E-state index contributed by atoms with van der Waals surface area (Å²) in [5.74, 6) is 0. The Morgan fingerprint density at radius 3 is 2.60 bits per heavy atom. The number of halogens is 2. The zero-order chi connectivity index (χ0) is 11.2. The van der Waals surface area contributed by atoms with Crippen molar-refractivity contribution in [3.05, 3.63) is 22.1 Å². The molecule has 15 heavy (non-hydrogen) atoms. The number of hydrogen-bond donors (Lipinski definition) is 0. The predicted octanol–water partition coefficient (Wildman–Crippen LogP) is 3.60. The Morgan fingerprint density at radius 1 is 1.33 bits per heavy atom. The summed E-state index contributed by atoms with van der Waals surface area (Å²) in [5.41, 5.74) is 0.830. The van der Waals surface area contributed by atoms with E-state index >= 15 is 0 Å². The van der Waals surface area contributed by atoms with E-state index in [2.05, 4.69) is 51.2 Å². The quantitative estimate of drug-likeness (QED) is 0.693. The van der Waals surface area contributed by atoms with Crippen LogP contribution >= 0.6 is 27.5 Å². The normalized spacial score (nSPS) is 12.3. The van der Waals surface area contributed by atoms with Crippen LogP contribution in [0, 0.1) is 0 Å². The summed E-state index contributed by atoms with van der Waals surface area (Å²) in [4.78, 5) is 8.24. The molecule has 3 nitrogen and oxygen atoms in total. The van der Waals surface area contributed by atoms with E-state index in [0.29, 0.717) is 5.15 Å². The van der Waals surface area contributed by atoms with Crippen LogP contribution in [0.15, 0.2) is 17.0 Å². The van der Waals surface area contributed by atoms with Crippen LogP contribution in [-0.4, -0.2) is 14.5 Å². The first-order valence-electron chi connectivity index (χ1n) is 4.59. The van der Waals surface area contributed by atoms with E-state index in [1.165, 1.54) is 6.33 Å². The van der Waals surface area contributed by atoms with Crippen LogP contribution in [0.1, 0.15) is 20.8 Å². The van der Waals surface area contributed by atoms with Gasteiger partial charge in [-0.1, -0.05) is 11.6 Å². The van der Waals surface area contributed by atoms with Gasteiger partial charge in [-0.05, 0) is 36.7 Å².